The fourth-order valence-corrected chi connectivity index (χ4v) is 1.50. The number of ether oxygens (including phenoxy) is 6. The van der Waals surface area contributed by atoms with E-state index in [0.717, 1.165) is 0 Å². The molecule has 0 aromatic rings. The summed E-state index contributed by atoms with van der Waals surface area (Å²) < 4.78 is 29.0. The van der Waals surface area contributed by atoms with Crippen LogP contribution in [0.15, 0.2) is 0 Å². The van der Waals surface area contributed by atoms with Crippen molar-refractivity contribution < 1.29 is 52.7 Å². The van der Waals surface area contributed by atoms with Crippen LogP contribution in [0.3, 0.4) is 0 Å². The SMILES string of the molecule is CCCOC(=O)C(C)OC(=O)OCC(COC(=O)C(C)OC(=O)C(C)O)OC. The van der Waals surface area contributed by atoms with Crippen LogP contribution in [0.2, 0.25) is 0 Å². The van der Waals surface area contributed by atoms with Crippen molar-refractivity contribution in [2.24, 2.45) is 0 Å². The lowest BCUT2D eigenvalue weighted by atomic mass is 10.3. The number of carbonyl (C=O) groups is 4. The zero-order chi connectivity index (χ0) is 21.7. The van der Waals surface area contributed by atoms with Crippen LogP contribution in [-0.4, -0.2) is 80.5 Å². The van der Waals surface area contributed by atoms with Gasteiger partial charge in [0.15, 0.2) is 12.2 Å². The van der Waals surface area contributed by atoms with E-state index in [4.69, 9.17) is 28.8 Å². The van der Waals surface area contributed by atoms with Crippen LogP contribution in [0.1, 0.15) is 34.1 Å². The molecule has 0 aliphatic rings. The molecule has 11 nitrogen and oxygen atoms in total. The van der Waals surface area contributed by atoms with Crippen LogP contribution in [-0.2, 0) is 42.8 Å². The van der Waals surface area contributed by atoms with E-state index in [0.29, 0.717) is 6.42 Å². The first-order valence-corrected chi connectivity index (χ1v) is 8.70. The molecule has 0 fully saturated rings. The van der Waals surface area contributed by atoms with E-state index in [1.165, 1.54) is 27.9 Å². The third kappa shape index (κ3) is 10.7. The van der Waals surface area contributed by atoms with Crippen molar-refractivity contribution in [1.82, 2.24) is 0 Å². The number of aliphatic hydroxyl groups is 1. The predicted octanol–water partition coefficient (Wildman–Crippen LogP) is 0.352. The molecule has 0 spiro atoms. The monoisotopic (exact) mass is 408 g/mol. The minimum atomic E-state index is -1.37. The average molecular weight is 408 g/mol. The summed E-state index contributed by atoms with van der Waals surface area (Å²) in [5.41, 5.74) is 0. The van der Waals surface area contributed by atoms with E-state index < -0.39 is 48.5 Å². The molecular weight excluding hydrogens is 380 g/mol. The molecule has 0 saturated heterocycles. The van der Waals surface area contributed by atoms with Gasteiger partial charge in [-0.2, -0.15) is 0 Å². The molecule has 0 aromatic heterocycles. The van der Waals surface area contributed by atoms with Gasteiger partial charge in [0.25, 0.3) is 0 Å². The van der Waals surface area contributed by atoms with Gasteiger partial charge in [-0.3, -0.25) is 0 Å². The second kappa shape index (κ2) is 13.7. The van der Waals surface area contributed by atoms with Gasteiger partial charge in [-0.15, -0.1) is 0 Å². The Morgan fingerprint density at radius 3 is 1.89 bits per heavy atom. The van der Waals surface area contributed by atoms with Gasteiger partial charge in [0.2, 0.25) is 0 Å². The Hall–Kier alpha value is -2.40. The quantitative estimate of drug-likeness (QED) is 0.353. The zero-order valence-electron chi connectivity index (χ0n) is 16.7. The largest absolute Gasteiger partial charge is 0.509 e. The fraction of sp³-hybridized carbons (Fsp3) is 0.765. The van der Waals surface area contributed by atoms with E-state index in [1.54, 1.807) is 0 Å². The van der Waals surface area contributed by atoms with Gasteiger partial charge in [0.05, 0.1) is 6.61 Å². The second-order valence-corrected chi connectivity index (χ2v) is 5.73. The highest BCUT2D eigenvalue weighted by molar-refractivity contribution is 5.80. The minimum Gasteiger partial charge on any atom is -0.463 e. The second-order valence-electron chi connectivity index (χ2n) is 5.73. The molecule has 1 N–H and O–H groups in total. The van der Waals surface area contributed by atoms with Gasteiger partial charge < -0.3 is 33.5 Å². The van der Waals surface area contributed by atoms with E-state index in [-0.39, 0.29) is 19.8 Å². The number of carbonyl (C=O) groups excluding carboxylic acids is 4. The molecule has 4 unspecified atom stereocenters. The average Bonchev–Trinajstić information content (AvgIpc) is 2.65. The first-order chi connectivity index (χ1) is 13.1. The Balaban J connectivity index is 4.26. The Morgan fingerprint density at radius 2 is 1.36 bits per heavy atom. The van der Waals surface area contributed by atoms with Gasteiger partial charge in [-0.1, -0.05) is 6.92 Å². The lowest BCUT2D eigenvalue weighted by Crippen LogP contribution is -2.34. The van der Waals surface area contributed by atoms with E-state index >= 15 is 0 Å². The molecule has 162 valence electrons. The molecular formula is C17H28O11. The Morgan fingerprint density at radius 1 is 0.821 bits per heavy atom. The molecule has 11 heteroatoms. The lowest BCUT2D eigenvalue weighted by molar-refractivity contribution is -0.173. The highest BCUT2D eigenvalue weighted by Gasteiger charge is 2.24. The Labute approximate surface area is 163 Å². The van der Waals surface area contributed by atoms with Crippen molar-refractivity contribution in [2.75, 3.05) is 26.9 Å². The molecule has 0 radical (unpaired) electrons. The van der Waals surface area contributed by atoms with E-state index in [1.807, 2.05) is 6.92 Å². The molecule has 0 heterocycles. The third-order valence-electron chi connectivity index (χ3n) is 3.15. The maximum Gasteiger partial charge on any atom is 0.509 e. The molecule has 28 heavy (non-hydrogen) atoms. The first kappa shape index (κ1) is 25.6. The van der Waals surface area contributed by atoms with Crippen molar-refractivity contribution in [3.63, 3.8) is 0 Å². The normalized spacial score (nSPS) is 14.8. The van der Waals surface area contributed by atoms with Crippen LogP contribution < -0.4 is 0 Å². The molecule has 0 aliphatic carbocycles. The number of hydrogen-bond donors (Lipinski definition) is 1. The summed E-state index contributed by atoms with van der Waals surface area (Å²) >= 11 is 0. The van der Waals surface area contributed by atoms with Gasteiger partial charge in [-0.25, -0.2) is 19.2 Å². The number of methoxy groups -OCH3 is 1. The highest BCUT2D eigenvalue weighted by atomic mass is 16.7. The standard InChI is InChI=1S/C17H28O11/c1-6-7-24-15(20)12(4)28-17(22)26-9-13(23-5)8-25-16(21)11(3)27-14(19)10(2)18/h10-13,18H,6-9H2,1-5H3. The van der Waals surface area contributed by atoms with Gasteiger partial charge in [0, 0.05) is 7.11 Å². The van der Waals surface area contributed by atoms with Crippen molar-refractivity contribution in [2.45, 2.75) is 58.5 Å². The predicted molar refractivity (Wildman–Crippen MR) is 92.1 cm³/mol. The molecule has 0 bridgehead atoms. The summed E-state index contributed by atoms with van der Waals surface area (Å²) in [5.74, 6) is -2.53. The van der Waals surface area contributed by atoms with Crippen LogP contribution in [0.5, 0.6) is 0 Å². The maximum absolute atomic E-state index is 11.7. The zero-order valence-corrected chi connectivity index (χ0v) is 16.7. The minimum absolute atomic E-state index is 0.212. The van der Waals surface area contributed by atoms with Crippen LogP contribution in [0.25, 0.3) is 0 Å². The molecule has 0 aliphatic heterocycles. The Bertz CT molecular complexity index is 517. The van der Waals surface area contributed by atoms with Crippen LogP contribution >= 0.6 is 0 Å². The van der Waals surface area contributed by atoms with Crippen molar-refractivity contribution in [3.8, 4) is 0 Å². The van der Waals surface area contributed by atoms with Gasteiger partial charge in [0.1, 0.15) is 25.4 Å². The fourth-order valence-electron chi connectivity index (χ4n) is 1.50. The summed E-state index contributed by atoms with van der Waals surface area (Å²) in [5, 5.41) is 9.03. The highest BCUT2D eigenvalue weighted by Crippen LogP contribution is 2.03. The number of aliphatic hydroxyl groups excluding tert-OH is 1. The molecule has 0 aromatic carbocycles. The summed E-state index contributed by atoms with van der Waals surface area (Å²) in [7, 11) is 1.30. The van der Waals surface area contributed by atoms with Crippen molar-refractivity contribution >= 4 is 24.1 Å². The Kier molecular flexibility index (Phi) is 12.5. The third-order valence-corrected chi connectivity index (χ3v) is 3.15. The molecule has 0 rings (SSSR count). The number of esters is 3. The lowest BCUT2D eigenvalue weighted by Gasteiger charge is -2.18. The van der Waals surface area contributed by atoms with E-state index in [2.05, 4.69) is 4.74 Å². The van der Waals surface area contributed by atoms with Gasteiger partial charge in [-0.05, 0) is 27.2 Å². The molecule has 0 amide bonds. The molecule has 4 atom stereocenters. The van der Waals surface area contributed by atoms with Crippen LogP contribution in [0, 0.1) is 0 Å². The first-order valence-electron chi connectivity index (χ1n) is 8.70. The van der Waals surface area contributed by atoms with E-state index in [9.17, 15) is 19.2 Å². The number of hydrogen-bond acceptors (Lipinski definition) is 11. The maximum atomic E-state index is 11.7. The topological polar surface area (TPSA) is 144 Å². The van der Waals surface area contributed by atoms with Crippen molar-refractivity contribution in [3.05, 3.63) is 0 Å². The summed E-state index contributed by atoms with van der Waals surface area (Å²) in [6.07, 6.45) is -5.05. The molecule has 0 saturated carbocycles. The van der Waals surface area contributed by atoms with Crippen LogP contribution in [0.4, 0.5) is 4.79 Å². The number of rotatable bonds is 12. The van der Waals surface area contributed by atoms with Gasteiger partial charge >= 0.3 is 24.1 Å². The summed E-state index contributed by atoms with van der Waals surface area (Å²) in [6.45, 7) is 5.23. The summed E-state index contributed by atoms with van der Waals surface area (Å²) in [4.78, 5) is 46.1. The smallest absolute Gasteiger partial charge is 0.463 e. The van der Waals surface area contributed by atoms with Crippen molar-refractivity contribution in [1.29, 1.82) is 0 Å². The summed E-state index contributed by atoms with van der Waals surface area (Å²) in [6, 6.07) is 0.